The number of hydrogen-bond donors (Lipinski definition) is 1. The summed E-state index contributed by atoms with van der Waals surface area (Å²) in [4.78, 5) is 0.226. The number of rotatable bonds is 5. The molecule has 0 aliphatic heterocycles. The van der Waals surface area contributed by atoms with E-state index in [-0.39, 0.29) is 10.3 Å². The maximum Gasteiger partial charge on any atom is 0.261 e. The molecule has 0 spiro atoms. The Morgan fingerprint density at radius 2 is 1.26 bits per heavy atom. The van der Waals surface area contributed by atoms with Gasteiger partial charge in [-0.25, -0.2) is 8.42 Å². The van der Waals surface area contributed by atoms with Gasteiger partial charge in [0.25, 0.3) is 10.0 Å². The molecule has 3 rings (SSSR count). The van der Waals surface area contributed by atoms with Crippen LogP contribution in [0.3, 0.4) is 0 Å². The highest BCUT2D eigenvalue weighted by molar-refractivity contribution is 7.92. The van der Waals surface area contributed by atoms with Gasteiger partial charge in [0.15, 0.2) is 0 Å². The third kappa shape index (κ3) is 4.89. The molecule has 0 bridgehead atoms. The molecule has 3 aromatic carbocycles. The first-order chi connectivity index (χ1) is 12.7. The standard InChI is InChI=1S/C22H23NO3S/c1-22(2,3)17-9-13-19(14-10-17)26-20-15-11-18(12-16-20)23-27(24,25)21-7-5-4-6-8-21/h4-16,23H,1-3H3. The molecule has 0 saturated carbocycles. The van der Waals surface area contributed by atoms with Crippen molar-refractivity contribution in [3.8, 4) is 11.5 Å². The van der Waals surface area contributed by atoms with Crippen LogP contribution < -0.4 is 9.46 Å². The minimum atomic E-state index is -3.59. The lowest BCUT2D eigenvalue weighted by molar-refractivity contribution is 0.481. The van der Waals surface area contributed by atoms with E-state index in [1.165, 1.54) is 5.56 Å². The summed E-state index contributed by atoms with van der Waals surface area (Å²) in [6.45, 7) is 6.49. The van der Waals surface area contributed by atoms with Crippen LogP contribution in [0.5, 0.6) is 11.5 Å². The third-order valence-electron chi connectivity index (χ3n) is 4.12. The molecule has 0 aliphatic rings. The van der Waals surface area contributed by atoms with Crippen molar-refractivity contribution in [1.82, 2.24) is 0 Å². The fraction of sp³-hybridized carbons (Fsp3) is 0.182. The number of sulfonamides is 1. The lowest BCUT2D eigenvalue weighted by Gasteiger charge is -2.19. The largest absolute Gasteiger partial charge is 0.457 e. The Morgan fingerprint density at radius 3 is 1.78 bits per heavy atom. The second kappa shape index (κ2) is 7.45. The SMILES string of the molecule is CC(C)(C)c1ccc(Oc2ccc(NS(=O)(=O)c3ccccc3)cc2)cc1. The van der Waals surface area contributed by atoms with Crippen LogP contribution in [0.2, 0.25) is 0 Å². The van der Waals surface area contributed by atoms with Crippen molar-refractivity contribution in [3.63, 3.8) is 0 Å². The molecule has 0 amide bonds. The highest BCUT2D eigenvalue weighted by Gasteiger charge is 2.14. The zero-order chi connectivity index (χ0) is 19.5. The molecule has 0 radical (unpaired) electrons. The van der Waals surface area contributed by atoms with Gasteiger partial charge in [-0.15, -0.1) is 0 Å². The lowest BCUT2D eigenvalue weighted by atomic mass is 9.87. The topological polar surface area (TPSA) is 55.4 Å². The smallest absolute Gasteiger partial charge is 0.261 e. The van der Waals surface area contributed by atoms with E-state index < -0.39 is 10.0 Å². The molecule has 0 unspecified atom stereocenters. The van der Waals surface area contributed by atoms with Gasteiger partial charge < -0.3 is 4.74 Å². The van der Waals surface area contributed by atoms with Crippen LogP contribution >= 0.6 is 0 Å². The van der Waals surface area contributed by atoms with Gasteiger partial charge >= 0.3 is 0 Å². The predicted molar refractivity (Wildman–Crippen MR) is 109 cm³/mol. The molecule has 5 heteroatoms. The van der Waals surface area contributed by atoms with E-state index in [1.807, 2.05) is 12.1 Å². The van der Waals surface area contributed by atoms with Crippen LogP contribution in [0, 0.1) is 0 Å². The van der Waals surface area contributed by atoms with Gasteiger partial charge in [-0.3, -0.25) is 4.72 Å². The quantitative estimate of drug-likeness (QED) is 0.628. The Hall–Kier alpha value is -2.79. The molecule has 3 aromatic rings. The maximum absolute atomic E-state index is 12.3. The van der Waals surface area contributed by atoms with Gasteiger partial charge in [0.1, 0.15) is 11.5 Å². The molecule has 0 atom stereocenters. The van der Waals surface area contributed by atoms with E-state index in [1.54, 1.807) is 54.6 Å². The summed E-state index contributed by atoms with van der Waals surface area (Å²) in [7, 11) is -3.59. The Morgan fingerprint density at radius 1 is 0.741 bits per heavy atom. The molecule has 0 fully saturated rings. The molecular formula is C22H23NO3S. The summed E-state index contributed by atoms with van der Waals surface area (Å²) in [6.07, 6.45) is 0. The summed E-state index contributed by atoms with van der Waals surface area (Å²) in [5.41, 5.74) is 1.81. The van der Waals surface area contributed by atoms with Gasteiger partial charge in [-0.2, -0.15) is 0 Å². The second-order valence-electron chi connectivity index (χ2n) is 7.32. The molecule has 140 valence electrons. The zero-order valence-electron chi connectivity index (χ0n) is 15.6. The normalized spacial score (nSPS) is 11.8. The molecule has 0 saturated heterocycles. The number of benzene rings is 3. The van der Waals surface area contributed by atoms with E-state index in [0.29, 0.717) is 11.4 Å². The van der Waals surface area contributed by atoms with Crippen LogP contribution in [0.4, 0.5) is 5.69 Å². The van der Waals surface area contributed by atoms with Crippen LogP contribution in [0.25, 0.3) is 0 Å². The van der Waals surface area contributed by atoms with Crippen molar-refractivity contribution in [2.45, 2.75) is 31.1 Å². The molecule has 0 aromatic heterocycles. The molecule has 27 heavy (non-hydrogen) atoms. The minimum absolute atomic E-state index is 0.0933. The number of nitrogens with one attached hydrogen (secondary N) is 1. The monoisotopic (exact) mass is 381 g/mol. The van der Waals surface area contributed by atoms with Crippen molar-refractivity contribution in [2.75, 3.05) is 4.72 Å². The molecular weight excluding hydrogens is 358 g/mol. The summed E-state index contributed by atoms with van der Waals surface area (Å²) < 4.78 is 33.1. The van der Waals surface area contributed by atoms with Crippen molar-refractivity contribution in [2.24, 2.45) is 0 Å². The van der Waals surface area contributed by atoms with Crippen molar-refractivity contribution < 1.29 is 13.2 Å². The molecule has 4 nitrogen and oxygen atoms in total. The maximum atomic E-state index is 12.3. The van der Waals surface area contributed by atoms with Crippen LogP contribution in [0.1, 0.15) is 26.3 Å². The summed E-state index contributed by atoms with van der Waals surface area (Å²) in [6, 6.07) is 23.1. The van der Waals surface area contributed by atoms with Gasteiger partial charge in [-0.05, 0) is 59.5 Å². The first-order valence-electron chi connectivity index (χ1n) is 8.70. The van der Waals surface area contributed by atoms with E-state index in [2.05, 4.69) is 37.6 Å². The van der Waals surface area contributed by atoms with Gasteiger partial charge in [0.2, 0.25) is 0 Å². The van der Waals surface area contributed by atoms with Crippen molar-refractivity contribution in [3.05, 3.63) is 84.4 Å². The summed E-state index contributed by atoms with van der Waals surface area (Å²) in [5.74, 6) is 1.38. The average molecular weight is 381 g/mol. The fourth-order valence-electron chi connectivity index (χ4n) is 2.56. The Bertz CT molecular complexity index is 988. The highest BCUT2D eigenvalue weighted by Crippen LogP contribution is 2.28. The van der Waals surface area contributed by atoms with Crippen LogP contribution in [0.15, 0.2) is 83.8 Å². The van der Waals surface area contributed by atoms with Crippen LogP contribution in [-0.4, -0.2) is 8.42 Å². The predicted octanol–water partition coefficient (Wildman–Crippen LogP) is 5.58. The minimum Gasteiger partial charge on any atom is -0.457 e. The van der Waals surface area contributed by atoms with Gasteiger partial charge in [-0.1, -0.05) is 51.1 Å². The Kier molecular flexibility index (Phi) is 5.24. The van der Waals surface area contributed by atoms with Gasteiger partial charge in [0.05, 0.1) is 4.90 Å². The van der Waals surface area contributed by atoms with Crippen LogP contribution in [-0.2, 0) is 15.4 Å². The first-order valence-corrected chi connectivity index (χ1v) is 10.2. The molecule has 1 N–H and O–H groups in total. The Balaban J connectivity index is 1.69. The van der Waals surface area contributed by atoms with E-state index >= 15 is 0 Å². The van der Waals surface area contributed by atoms with Crippen molar-refractivity contribution in [1.29, 1.82) is 0 Å². The fourth-order valence-corrected chi connectivity index (χ4v) is 3.64. The zero-order valence-corrected chi connectivity index (χ0v) is 16.5. The van der Waals surface area contributed by atoms with E-state index in [4.69, 9.17) is 4.74 Å². The van der Waals surface area contributed by atoms with E-state index in [9.17, 15) is 8.42 Å². The Labute approximate surface area is 160 Å². The van der Waals surface area contributed by atoms with Crippen molar-refractivity contribution >= 4 is 15.7 Å². The van der Waals surface area contributed by atoms with E-state index in [0.717, 1.165) is 5.75 Å². The molecule has 0 heterocycles. The summed E-state index contributed by atoms with van der Waals surface area (Å²) in [5, 5.41) is 0. The lowest BCUT2D eigenvalue weighted by Crippen LogP contribution is -2.12. The molecule has 0 aliphatic carbocycles. The first kappa shape index (κ1) is 19.0. The average Bonchev–Trinajstić information content (AvgIpc) is 2.64. The second-order valence-corrected chi connectivity index (χ2v) is 9.00. The number of hydrogen-bond acceptors (Lipinski definition) is 3. The number of ether oxygens (including phenoxy) is 1. The summed E-state index contributed by atoms with van der Waals surface area (Å²) >= 11 is 0. The van der Waals surface area contributed by atoms with Gasteiger partial charge in [0, 0.05) is 5.69 Å². The third-order valence-corrected chi connectivity index (χ3v) is 5.51. The highest BCUT2D eigenvalue weighted by atomic mass is 32.2. The number of anilines is 1.